The van der Waals surface area contributed by atoms with Gasteiger partial charge < -0.3 is 23.7 Å². The molecule has 46 heavy (non-hydrogen) atoms. The first-order valence-electron chi connectivity index (χ1n) is 14.7. The Hall–Kier alpha value is -4.90. The van der Waals surface area contributed by atoms with E-state index in [-0.39, 0.29) is 36.3 Å². The second-order valence-electron chi connectivity index (χ2n) is 10.6. The van der Waals surface area contributed by atoms with E-state index in [1.807, 2.05) is 13.8 Å². The van der Waals surface area contributed by atoms with Crippen molar-refractivity contribution in [2.24, 2.45) is 4.99 Å². The van der Waals surface area contributed by atoms with Crippen molar-refractivity contribution < 1.29 is 32.9 Å². The summed E-state index contributed by atoms with van der Waals surface area (Å²) in [6.45, 7) is 7.38. The van der Waals surface area contributed by atoms with Gasteiger partial charge in [-0.05, 0) is 63.6 Å². The van der Waals surface area contributed by atoms with Crippen LogP contribution < -0.4 is 33.8 Å². The largest absolute Gasteiger partial charge is 0.493 e. The van der Waals surface area contributed by atoms with E-state index in [1.54, 1.807) is 74.5 Å². The Balaban J connectivity index is 1.66. The molecular weight excluding hydrogens is 611 g/mol. The number of para-hydroxylation sites is 1. The van der Waals surface area contributed by atoms with Crippen LogP contribution in [-0.2, 0) is 16.1 Å². The molecule has 1 aliphatic heterocycles. The molecule has 240 valence electrons. The molecule has 4 aromatic rings. The number of carbonyl (C=O) groups is 1. The predicted octanol–water partition coefficient (Wildman–Crippen LogP) is 5.32. The van der Waals surface area contributed by atoms with E-state index in [4.69, 9.17) is 23.7 Å². The molecule has 0 spiro atoms. The molecule has 0 radical (unpaired) electrons. The summed E-state index contributed by atoms with van der Waals surface area (Å²) in [4.78, 5) is 32.6. The first-order chi connectivity index (χ1) is 22.2. The summed E-state index contributed by atoms with van der Waals surface area (Å²) in [6.07, 6.45) is 1.59. The lowest BCUT2D eigenvalue weighted by Crippen LogP contribution is -2.40. The van der Waals surface area contributed by atoms with Crippen molar-refractivity contribution in [3.63, 3.8) is 0 Å². The number of methoxy groups -OCH3 is 2. The Morgan fingerprint density at radius 1 is 1.04 bits per heavy atom. The van der Waals surface area contributed by atoms with Gasteiger partial charge in [0.1, 0.15) is 12.4 Å². The van der Waals surface area contributed by atoms with Crippen molar-refractivity contribution in [1.82, 2.24) is 4.57 Å². The lowest BCUT2D eigenvalue weighted by Gasteiger charge is -2.25. The second-order valence-corrected chi connectivity index (χ2v) is 11.6. The van der Waals surface area contributed by atoms with Crippen LogP contribution in [0.3, 0.4) is 0 Å². The summed E-state index contributed by atoms with van der Waals surface area (Å²) in [5.41, 5.74) is 1.86. The molecule has 0 aliphatic carbocycles. The molecule has 0 fully saturated rings. The molecule has 0 N–H and O–H groups in total. The Bertz CT molecular complexity index is 1980. The second kappa shape index (κ2) is 14.0. The fraction of sp³-hybridized carbons (Fsp3) is 0.286. The molecule has 1 aromatic heterocycles. The van der Waals surface area contributed by atoms with Crippen LogP contribution in [0.4, 0.5) is 4.39 Å². The van der Waals surface area contributed by atoms with Crippen LogP contribution in [0, 0.1) is 5.82 Å². The number of fused-ring (bicyclic) bond motifs is 1. The smallest absolute Gasteiger partial charge is 0.338 e. The van der Waals surface area contributed by atoms with E-state index in [9.17, 15) is 14.0 Å². The van der Waals surface area contributed by atoms with Crippen LogP contribution in [0.25, 0.3) is 6.08 Å². The maximum absolute atomic E-state index is 14.4. The fourth-order valence-corrected chi connectivity index (χ4v) is 6.22. The van der Waals surface area contributed by atoms with Crippen molar-refractivity contribution in [3.05, 3.63) is 114 Å². The van der Waals surface area contributed by atoms with Crippen molar-refractivity contribution in [1.29, 1.82) is 0 Å². The van der Waals surface area contributed by atoms with Gasteiger partial charge in [0.05, 0.1) is 48.8 Å². The van der Waals surface area contributed by atoms with Gasteiger partial charge in [0.25, 0.3) is 5.56 Å². The van der Waals surface area contributed by atoms with Crippen LogP contribution >= 0.6 is 11.3 Å². The quantitative estimate of drug-likeness (QED) is 0.204. The third-order valence-electron chi connectivity index (χ3n) is 7.23. The van der Waals surface area contributed by atoms with Crippen LogP contribution in [0.15, 0.2) is 81.7 Å². The lowest BCUT2D eigenvalue weighted by atomic mass is 9.95. The molecule has 11 heteroatoms. The van der Waals surface area contributed by atoms with Crippen molar-refractivity contribution in [3.8, 4) is 23.0 Å². The molecule has 0 bridgehead atoms. The summed E-state index contributed by atoms with van der Waals surface area (Å²) in [6, 6.07) is 16.1. The average Bonchev–Trinajstić information content (AvgIpc) is 3.34. The molecule has 0 unspecified atom stereocenters. The van der Waals surface area contributed by atoms with Gasteiger partial charge in [-0.3, -0.25) is 9.36 Å². The predicted molar refractivity (Wildman–Crippen MR) is 173 cm³/mol. The van der Waals surface area contributed by atoms with E-state index in [1.165, 1.54) is 36.2 Å². The van der Waals surface area contributed by atoms with Crippen molar-refractivity contribution >= 4 is 23.4 Å². The molecule has 0 saturated heterocycles. The molecule has 1 aliphatic rings. The van der Waals surface area contributed by atoms with E-state index >= 15 is 0 Å². The lowest BCUT2D eigenvalue weighted by molar-refractivity contribution is -0.139. The number of carbonyl (C=O) groups excluding carboxylic acids is 1. The highest BCUT2D eigenvalue weighted by atomic mass is 32.1. The van der Waals surface area contributed by atoms with Crippen LogP contribution in [0.2, 0.25) is 0 Å². The van der Waals surface area contributed by atoms with Crippen molar-refractivity contribution in [2.45, 2.75) is 46.4 Å². The van der Waals surface area contributed by atoms with E-state index < -0.39 is 12.0 Å². The summed E-state index contributed by atoms with van der Waals surface area (Å²) >= 11 is 1.18. The van der Waals surface area contributed by atoms with E-state index in [0.29, 0.717) is 54.7 Å². The number of thiazole rings is 1. The number of benzene rings is 3. The highest BCUT2D eigenvalue weighted by Gasteiger charge is 2.34. The number of hydrogen-bond acceptors (Lipinski definition) is 9. The number of allylic oxidation sites excluding steroid dienone is 1. The number of ether oxygens (including phenoxy) is 5. The maximum Gasteiger partial charge on any atom is 0.338 e. The first-order valence-corrected chi connectivity index (χ1v) is 15.6. The number of hydrogen-bond donors (Lipinski definition) is 0. The number of esters is 1. The normalized spacial score (nSPS) is 14.5. The zero-order chi connectivity index (χ0) is 33.0. The number of aromatic nitrogens is 1. The van der Waals surface area contributed by atoms with Gasteiger partial charge in [-0.1, -0.05) is 47.7 Å². The highest BCUT2D eigenvalue weighted by Crippen LogP contribution is 2.37. The van der Waals surface area contributed by atoms with Crippen LogP contribution in [-0.4, -0.2) is 37.5 Å². The van der Waals surface area contributed by atoms with Gasteiger partial charge in [-0.15, -0.1) is 0 Å². The molecule has 2 heterocycles. The number of rotatable bonds is 11. The van der Waals surface area contributed by atoms with Gasteiger partial charge >= 0.3 is 5.97 Å². The van der Waals surface area contributed by atoms with Gasteiger partial charge in [0.15, 0.2) is 27.8 Å². The minimum Gasteiger partial charge on any atom is -0.493 e. The highest BCUT2D eigenvalue weighted by molar-refractivity contribution is 7.07. The Kier molecular flexibility index (Phi) is 9.91. The zero-order valence-electron chi connectivity index (χ0n) is 26.5. The minimum atomic E-state index is -0.846. The molecule has 1 atom stereocenters. The Labute approximate surface area is 269 Å². The molecule has 5 rings (SSSR count). The topological polar surface area (TPSA) is 97.6 Å². The molecule has 0 saturated carbocycles. The maximum atomic E-state index is 14.4. The standard InChI is InChI=1S/C35H35FN2O7S/c1-7-43-34(40)30-21(4)37-35-38(31(30)22-15-16-26(45-20(2)3)28(17-22)42-6)33(39)29(46-35)18-23-12-10-14-27(41-5)32(23)44-19-24-11-8-9-13-25(24)36/h8-18,20,31H,7,19H2,1-6H3/b29-18+/t31-/m1/s1. The van der Waals surface area contributed by atoms with E-state index in [2.05, 4.69) is 4.99 Å². The van der Waals surface area contributed by atoms with Gasteiger partial charge in [0.2, 0.25) is 0 Å². The van der Waals surface area contributed by atoms with Gasteiger partial charge in [-0.2, -0.15) is 0 Å². The zero-order valence-corrected chi connectivity index (χ0v) is 27.3. The summed E-state index contributed by atoms with van der Waals surface area (Å²) < 4.78 is 44.7. The first kappa shape index (κ1) is 32.5. The molecule has 9 nitrogen and oxygen atoms in total. The third-order valence-corrected chi connectivity index (χ3v) is 8.21. The van der Waals surface area contributed by atoms with Gasteiger partial charge in [-0.25, -0.2) is 14.2 Å². The summed E-state index contributed by atoms with van der Waals surface area (Å²) in [5, 5.41) is 0. The molecule has 0 amide bonds. The van der Waals surface area contributed by atoms with Gasteiger partial charge in [0, 0.05) is 11.1 Å². The van der Waals surface area contributed by atoms with Crippen molar-refractivity contribution in [2.75, 3.05) is 20.8 Å². The summed E-state index contributed by atoms with van der Waals surface area (Å²) in [5.74, 6) is 0.810. The fourth-order valence-electron chi connectivity index (χ4n) is 5.18. The number of nitrogens with zero attached hydrogens (tertiary/aromatic N) is 2. The third kappa shape index (κ3) is 6.55. The molecule has 3 aromatic carbocycles. The minimum absolute atomic E-state index is 0.0460. The summed E-state index contributed by atoms with van der Waals surface area (Å²) in [7, 11) is 3.04. The van der Waals surface area contributed by atoms with Crippen LogP contribution in [0.1, 0.15) is 50.4 Å². The monoisotopic (exact) mass is 646 g/mol. The van der Waals surface area contributed by atoms with E-state index in [0.717, 1.165) is 0 Å². The SMILES string of the molecule is CCOC(=O)C1=C(C)N=c2s/c(=C/c3cccc(OC)c3OCc3ccccc3F)c(=O)n2[C@@H]1c1ccc(OC(C)C)c(OC)c1. The Morgan fingerprint density at radius 3 is 2.50 bits per heavy atom. The molecular formula is C35H35FN2O7S. The number of halogens is 1. The Morgan fingerprint density at radius 2 is 1.80 bits per heavy atom. The van der Waals surface area contributed by atoms with Crippen LogP contribution in [0.5, 0.6) is 23.0 Å². The average molecular weight is 647 g/mol.